The van der Waals surface area contributed by atoms with Crippen LogP contribution in [0.3, 0.4) is 0 Å². The number of hydrogen-bond donors (Lipinski definition) is 1. The van der Waals surface area contributed by atoms with Crippen molar-refractivity contribution in [2.24, 2.45) is 0 Å². The summed E-state index contributed by atoms with van der Waals surface area (Å²) in [5.74, 6) is 0. The molecule has 2 aromatic rings. The SMILES string of the molecule is CNC(c1ccccc1)C(C)S(=O)c1ccccc1Cl. The van der Waals surface area contributed by atoms with E-state index in [1.165, 1.54) is 0 Å². The quantitative estimate of drug-likeness (QED) is 0.910. The number of hydrogen-bond acceptors (Lipinski definition) is 2. The lowest BCUT2D eigenvalue weighted by Gasteiger charge is -2.24. The second-order valence-corrected chi connectivity index (χ2v) is 6.80. The van der Waals surface area contributed by atoms with E-state index < -0.39 is 10.8 Å². The van der Waals surface area contributed by atoms with E-state index >= 15 is 0 Å². The normalized spacial score (nSPS) is 15.6. The molecule has 2 nitrogen and oxygen atoms in total. The van der Waals surface area contributed by atoms with Crippen LogP contribution in [-0.2, 0) is 10.8 Å². The third kappa shape index (κ3) is 3.29. The lowest BCUT2D eigenvalue weighted by atomic mass is 10.0. The fraction of sp³-hybridized carbons (Fsp3) is 0.250. The summed E-state index contributed by atoms with van der Waals surface area (Å²) in [6.45, 7) is 1.98. The van der Waals surface area contributed by atoms with Gasteiger partial charge in [0.15, 0.2) is 0 Å². The Bertz CT molecular complexity index is 588. The lowest BCUT2D eigenvalue weighted by molar-refractivity contribution is 0.570. The second kappa shape index (κ2) is 7.02. The molecule has 0 fully saturated rings. The zero-order valence-corrected chi connectivity index (χ0v) is 13.1. The average Bonchev–Trinajstić information content (AvgIpc) is 2.49. The molecule has 3 unspecified atom stereocenters. The first kappa shape index (κ1) is 15.2. The topological polar surface area (TPSA) is 29.1 Å². The molecule has 1 N–H and O–H groups in total. The Hall–Kier alpha value is -1.16. The van der Waals surface area contributed by atoms with Crippen LogP contribution in [0.25, 0.3) is 0 Å². The van der Waals surface area contributed by atoms with Crippen molar-refractivity contribution in [1.29, 1.82) is 0 Å². The number of nitrogens with one attached hydrogen (secondary N) is 1. The fourth-order valence-electron chi connectivity index (χ4n) is 2.26. The number of benzene rings is 2. The first-order chi connectivity index (χ1) is 9.65. The minimum absolute atomic E-state index is 0.0216. The Morgan fingerprint density at radius 1 is 1.05 bits per heavy atom. The van der Waals surface area contributed by atoms with Crippen molar-refractivity contribution in [3.8, 4) is 0 Å². The van der Waals surface area contributed by atoms with E-state index in [1.54, 1.807) is 6.07 Å². The van der Waals surface area contributed by atoms with Crippen LogP contribution in [0, 0.1) is 0 Å². The highest BCUT2D eigenvalue weighted by Gasteiger charge is 2.25. The molecule has 0 aliphatic carbocycles. The predicted octanol–water partition coefficient (Wildman–Crippen LogP) is 3.80. The summed E-state index contributed by atoms with van der Waals surface area (Å²) in [4.78, 5) is 0.692. The Kier molecular flexibility index (Phi) is 5.35. The summed E-state index contributed by atoms with van der Waals surface area (Å²) >= 11 is 6.14. The van der Waals surface area contributed by atoms with Crippen LogP contribution in [-0.4, -0.2) is 16.5 Å². The summed E-state index contributed by atoms with van der Waals surface area (Å²) in [7, 11) is 0.722. The molecule has 0 saturated heterocycles. The third-order valence-corrected chi connectivity index (χ3v) is 5.51. The van der Waals surface area contributed by atoms with Crippen molar-refractivity contribution in [2.45, 2.75) is 23.1 Å². The van der Waals surface area contributed by atoms with E-state index in [0.717, 1.165) is 5.56 Å². The molecule has 0 aliphatic rings. The zero-order valence-electron chi connectivity index (χ0n) is 11.5. The average molecular weight is 308 g/mol. The molecule has 0 amide bonds. The summed E-state index contributed by atoms with van der Waals surface area (Å²) in [6.07, 6.45) is 0. The molecule has 0 spiro atoms. The van der Waals surface area contributed by atoms with Gasteiger partial charge in [0.05, 0.1) is 26.0 Å². The molecular weight excluding hydrogens is 290 g/mol. The highest BCUT2D eigenvalue weighted by Crippen LogP contribution is 2.27. The molecule has 106 valence electrons. The van der Waals surface area contributed by atoms with Crippen molar-refractivity contribution >= 4 is 22.4 Å². The maximum atomic E-state index is 12.7. The summed E-state index contributed by atoms with van der Waals surface area (Å²) < 4.78 is 12.7. The Morgan fingerprint density at radius 3 is 2.25 bits per heavy atom. The molecule has 20 heavy (non-hydrogen) atoms. The Labute approximate surface area is 127 Å². The van der Waals surface area contributed by atoms with Gasteiger partial charge in [-0.15, -0.1) is 0 Å². The molecule has 2 rings (SSSR count). The van der Waals surface area contributed by atoms with Gasteiger partial charge in [-0.2, -0.15) is 0 Å². The third-order valence-electron chi connectivity index (χ3n) is 3.33. The standard InChI is InChI=1S/C16H18ClNOS/c1-12(16(18-2)13-8-4-3-5-9-13)20(19)15-11-7-6-10-14(15)17/h3-12,16,18H,1-2H3. The first-order valence-electron chi connectivity index (χ1n) is 6.52. The van der Waals surface area contributed by atoms with Gasteiger partial charge in [0, 0.05) is 6.04 Å². The number of halogens is 1. The van der Waals surface area contributed by atoms with Crippen LogP contribution in [0.5, 0.6) is 0 Å². The van der Waals surface area contributed by atoms with E-state index in [1.807, 2.05) is 62.5 Å². The molecule has 3 atom stereocenters. The van der Waals surface area contributed by atoms with Gasteiger partial charge >= 0.3 is 0 Å². The van der Waals surface area contributed by atoms with Crippen LogP contribution in [0.1, 0.15) is 18.5 Å². The summed E-state index contributed by atoms with van der Waals surface area (Å²) in [5.41, 5.74) is 1.13. The lowest BCUT2D eigenvalue weighted by Crippen LogP contribution is -2.30. The van der Waals surface area contributed by atoms with Crippen LogP contribution >= 0.6 is 11.6 Å². The molecule has 0 saturated carbocycles. The molecule has 0 aromatic heterocycles. The molecule has 0 aliphatic heterocycles. The van der Waals surface area contributed by atoms with Gasteiger partial charge in [0.25, 0.3) is 0 Å². The van der Waals surface area contributed by atoms with Gasteiger partial charge in [-0.3, -0.25) is 4.21 Å². The second-order valence-electron chi connectivity index (χ2n) is 4.61. The highest BCUT2D eigenvalue weighted by atomic mass is 35.5. The van der Waals surface area contributed by atoms with E-state index in [4.69, 9.17) is 11.6 Å². The summed E-state index contributed by atoms with van der Waals surface area (Å²) in [6, 6.07) is 17.4. The van der Waals surface area contributed by atoms with E-state index in [0.29, 0.717) is 9.92 Å². The van der Waals surface area contributed by atoms with E-state index in [-0.39, 0.29) is 11.3 Å². The monoisotopic (exact) mass is 307 g/mol. The first-order valence-corrected chi connectivity index (χ1v) is 8.11. The van der Waals surface area contributed by atoms with Crippen LogP contribution in [0.2, 0.25) is 5.02 Å². The van der Waals surface area contributed by atoms with Gasteiger partial charge in [-0.25, -0.2) is 0 Å². The van der Waals surface area contributed by atoms with Crippen LogP contribution in [0.4, 0.5) is 0 Å². The molecule has 0 bridgehead atoms. The predicted molar refractivity (Wildman–Crippen MR) is 85.6 cm³/mol. The highest BCUT2D eigenvalue weighted by molar-refractivity contribution is 7.85. The fourth-order valence-corrected chi connectivity index (χ4v) is 4.04. The Balaban J connectivity index is 2.28. The maximum absolute atomic E-state index is 12.7. The minimum atomic E-state index is -1.16. The maximum Gasteiger partial charge on any atom is 0.0592 e. The Morgan fingerprint density at radius 2 is 1.65 bits per heavy atom. The minimum Gasteiger partial charge on any atom is -0.312 e. The van der Waals surface area contributed by atoms with Gasteiger partial charge in [0.1, 0.15) is 0 Å². The molecule has 2 aromatic carbocycles. The van der Waals surface area contributed by atoms with Crippen molar-refractivity contribution < 1.29 is 4.21 Å². The molecular formula is C16H18ClNOS. The van der Waals surface area contributed by atoms with Gasteiger partial charge in [-0.05, 0) is 31.7 Å². The van der Waals surface area contributed by atoms with Crippen LogP contribution < -0.4 is 5.32 Å². The summed E-state index contributed by atoms with van der Waals surface area (Å²) in [5, 5.41) is 3.73. The van der Waals surface area contributed by atoms with Crippen molar-refractivity contribution in [3.63, 3.8) is 0 Å². The molecule has 0 heterocycles. The van der Waals surface area contributed by atoms with Gasteiger partial charge in [-0.1, -0.05) is 54.1 Å². The van der Waals surface area contributed by atoms with Gasteiger partial charge < -0.3 is 5.32 Å². The largest absolute Gasteiger partial charge is 0.312 e. The zero-order chi connectivity index (χ0) is 14.5. The van der Waals surface area contributed by atoms with Gasteiger partial charge in [0.2, 0.25) is 0 Å². The van der Waals surface area contributed by atoms with Crippen molar-refractivity contribution in [1.82, 2.24) is 5.32 Å². The smallest absolute Gasteiger partial charge is 0.0592 e. The van der Waals surface area contributed by atoms with Crippen molar-refractivity contribution in [3.05, 3.63) is 65.2 Å². The molecule has 0 radical (unpaired) electrons. The molecule has 4 heteroatoms. The number of rotatable bonds is 5. The van der Waals surface area contributed by atoms with E-state index in [9.17, 15) is 4.21 Å². The van der Waals surface area contributed by atoms with Crippen LogP contribution in [0.15, 0.2) is 59.5 Å². The van der Waals surface area contributed by atoms with Crippen molar-refractivity contribution in [2.75, 3.05) is 7.05 Å². The van der Waals surface area contributed by atoms with E-state index in [2.05, 4.69) is 5.32 Å².